The van der Waals surface area contributed by atoms with E-state index in [-0.39, 0.29) is 0 Å². The van der Waals surface area contributed by atoms with E-state index in [4.69, 9.17) is 4.42 Å². The second-order valence-electron chi connectivity index (χ2n) is 13.7. The van der Waals surface area contributed by atoms with E-state index in [0.29, 0.717) is 0 Å². The number of hydrogen-bond donors (Lipinski definition) is 0. The van der Waals surface area contributed by atoms with Crippen molar-refractivity contribution < 1.29 is 4.42 Å². The molecular weight excluding hydrogens is 655 g/mol. The van der Waals surface area contributed by atoms with Crippen molar-refractivity contribution in [2.75, 3.05) is 4.90 Å². The zero-order valence-corrected chi connectivity index (χ0v) is 29.6. The number of anilines is 3. The fourth-order valence-corrected chi connectivity index (χ4v) is 7.86. The molecule has 10 aromatic rings. The molecule has 54 heavy (non-hydrogen) atoms. The van der Waals surface area contributed by atoms with Crippen LogP contribution in [-0.2, 0) is 0 Å². The molecule has 0 unspecified atom stereocenters. The van der Waals surface area contributed by atoms with Crippen LogP contribution in [0.4, 0.5) is 17.1 Å². The Morgan fingerprint density at radius 2 is 0.907 bits per heavy atom. The van der Waals surface area contributed by atoms with E-state index >= 15 is 0 Å². The smallest absolute Gasteiger partial charge is 0.159 e. The molecule has 2 heteroatoms. The third-order valence-corrected chi connectivity index (χ3v) is 10.5. The SMILES string of the molecule is c1ccc(-c2ccc(N(c3ccc(-c4ccc5cccc(-c6ccccc6)c5c4)cc3)c3cccc4c3oc3ccccc34)cc2-c2ccccc2)cc1. The number of nitrogens with zero attached hydrogens (tertiary/aromatic N) is 1. The van der Waals surface area contributed by atoms with Crippen molar-refractivity contribution in [3.05, 3.63) is 212 Å². The average molecular weight is 690 g/mol. The molecule has 0 aliphatic rings. The Balaban J connectivity index is 1.14. The van der Waals surface area contributed by atoms with Crippen molar-refractivity contribution in [1.29, 1.82) is 0 Å². The fourth-order valence-electron chi connectivity index (χ4n) is 7.86. The Bertz CT molecular complexity index is 2910. The van der Waals surface area contributed by atoms with Crippen molar-refractivity contribution >= 4 is 49.8 Å². The summed E-state index contributed by atoms with van der Waals surface area (Å²) in [7, 11) is 0. The van der Waals surface area contributed by atoms with Gasteiger partial charge in [0.15, 0.2) is 5.58 Å². The maximum atomic E-state index is 6.66. The minimum absolute atomic E-state index is 0.860. The molecule has 2 nitrogen and oxygen atoms in total. The monoisotopic (exact) mass is 689 g/mol. The average Bonchev–Trinajstić information content (AvgIpc) is 3.64. The largest absolute Gasteiger partial charge is 0.454 e. The Morgan fingerprint density at radius 1 is 0.315 bits per heavy atom. The first-order valence-electron chi connectivity index (χ1n) is 18.4. The summed E-state index contributed by atoms with van der Waals surface area (Å²) in [5.41, 5.74) is 14.3. The first-order chi connectivity index (χ1) is 26.8. The van der Waals surface area contributed by atoms with Gasteiger partial charge >= 0.3 is 0 Å². The van der Waals surface area contributed by atoms with Crippen molar-refractivity contribution in [3.8, 4) is 44.5 Å². The molecule has 0 radical (unpaired) electrons. The molecule has 254 valence electrons. The summed E-state index contributed by atoms with van der Waals surface area (Å²) in [6, 6.07) is 75.8. The molecule has 0 atom stereocenters. The molecule has 9 aromatic carbocycles. The van der Waals surface area contributed by atoms with Crippen LogP contribution in [0, 0.1) is 0 Å². The second kappa shape index (κ2) is 13.4. The van der Waals surface area contributed by atoms with Gasteiger partial charge in [0, 0.05) is 22.1 Å². The Kier molecular flexibility index (Phi) is 7.85. The van der Waals surface area contributed by atoms with Gasteiger partial charge in [0.2, 0.25) is 0 Å². The summed E-state index contributed by atoms with van der Waals surface area (Å²) in [6.45, 7) is 0. The van der Waals surface area contributed by atoms with E-state index in [2.05, 4.69) is 205 Å². The Labute approximate surface area is 314 Å². The van der Waals surface area contributed by atoms with Crippen LogP contribution < -0.4 is 4.90 Å². The Hall–Kier alpha value is -7.16. The van der Waals surface area contributed by atoms with Crippen LogP contribution in [0.15, 0.2) is 217 Å². The minimum Gasteiger partial charge on any atom is -0.454 e. The van der Waals surface area contributed by atoms with E-state index in [0.717, 1.165) is 44.6 Å². The predicted molar refractivity (Wildman–Crippen MR) is 228 cm³/mol. The quantitative estimate of drug-likeness (QED) is 0.166. The lowest BCUT2D eigenvalue weighted by molar-refractivity contribution is 0.669. The standard InChI is InChI=1S/C52H35NO/c1-4-14-37(15-5-1)44-22-12-20-40-26-27-41(34-48(40)44)36-28-30-42(31-29-36)53(50-24-13-23-47-46-21-10-11-25-51(46)54-52(47)50)43-32-33-45(38-16-6-2-7-17-38)49(35-43)39-18-8-3-9-19-39/h1-35H. The third-order valence-electron chi connectivity index (χ3n) is 10.5. The maximum Gasteiger partial charge on any atom is 0.159 e. The lowest BCUT2D eigenvalue weighted by Gasteiger charge is -2.27. The number of furan rings is 1. The third kappa shape index (κ3) is 5.62. The van der Waals surface area contributed by atoms with Gasteiger partial charge in [-0.1, -0.05) is 170 Å². The number of rotatable bonds is 7. The van der Waals surface area contributed by atoms with Crippen LogP contribution in [0.2, 0.25) is 0 Å². The van der Waals surface area contributed by atoms with E-state index < -0.39 is 0 Å². The number of hydrogen-bond acceptors (Lipinski definition) is 2. The van der Waals surface area contributed by atoms with Gasteiger partial charge in [-0.2, -0.15) is 0 Å². The zero-order valence-electron chi connectivity index (χ0n) is 29.6. The first kappa shape index (κ1) is 31.6. The van der Waals surface area contributed by atoms with Crippen LogP contribution in [-0.4, -0.2) is 0 Å². The van der Waals surface area contributed by atoms with Crippen LogP contribution in [0.3, 0.4) is 0 Å². The maximum absolute atomic E-state index is 6.66. The highest BCUT2D eigenvalue weighted by Gasteiger charge is 2.21. The van der Waals surface area contributed by atoms with Crippen molar-refractivity contribution in [2.24, 2.45) is 0 Å². The number of fused-ring (bicyclic) bond motifs is 4. The zero-order chi connectivity index (χ0) is 35.8. The van der Waals surface area contributed by atoms with Gasteiger partial charge in [-0.25, -0.2) is 0 Å². The molecule has 1 aromatic heterocycles. The van der Waals surface area contributed by atoms with E-state index in [1.54, 1.807) is 0 Å². The van der Waals surface area contributed by atoms with Gasteiger partial charge in [0.05, 0.1) is 5.69 Å². The van der Waals surface area contributed by atoms with Crippen LogP contribution in [0.5, 0.6) is 0 Å². The molecule has 0 saturated carbocycles. The second-order valence-corrected chi connectivity index (χ2v) is 13.7. The highest BCUT2D eigenvalue weighted by Crippen LogP contribution is 2.45. The molecule has 0 N–H and O–H groups in total. The lowest BCUT2D eigenvalue weighted by Crippen LogP contribution is -2.10. The summed E-state index contributed by atoms with van der Waals surface area (Å²) in [5, 5.41) is 4.69. The van der Waals surface area contributed by atoms with Gasteiger partial charge < -0.3 is 9.32 Å². The van der Waals surface area contributed by atoms with E-state index in [9.17, 15) is 0 Å². The van der Waals surface area contributed by atoms with Crippen LogP contribution in [0.1, 0.15) is 0 Å². The van der Waals surface area contributed by atoms with Gasteiger partial charge in [-0.3, -0.25) is 0 Å². The topological polar surface area (TPSA) is 16.4 Å². The summed E-state index contributed by atoms with van der Waals surface area (Å²) < 4.78 is 6.66. The highest BCUT2D eigenvalue weighted by atomic mass is 16.3. The molecular formula is C52H35NO. The normalized spacial score (nSPS) is 11.3. The number of benzene rings is 9. The van der Waals surface area contributed by atoms with Crippen LogP contribution >= 0.6 is 0 Å². The predicted octanol–water partition coefficient (Wildman–Crippen LogP) is 14.9. The minimum atomic E-state index is 0.860. The molecule has 0 aliphatic heterocycles. The van der Waals surface area contributed by atoms with E-state index in [1.807, 2.05) is 12.1 Å². The van der Waals surface area contributed by atoms with Crippen molar-refractivity contribution in [2.45, 2.75) is 0 Å². The molecule has 0 bridgehead atoms. The summed E-state index contributed by atoms with van der Waals surface area (Å²) in [6.07, 6.45) is 0. The number of para-hydroxylation sites is 2. The van der Waals surface area contributed by atoms with Crippen LogP contribution in [0.25, 0.3) is 77.2 Å². The van der Waals surface area contributed by atoms with Gasteiger partial charge in [0.25, 0.3) is 0 Å². The molecule has 0 spiro atoms. The van der Waals surface area contributed by atoms with Gasteiger partial charge in [0.1, 0.15) is 5.58 Å². The molecule has 0 fully saturated rings. The van der Waals surface area contributed by atoms with Crippen molar-refractivity contribution in [3.63, 3.8) is 0 Å². The molecule has 0 amide bonds. The molecule has 10 rings (SSSR count). The first-order valence-corrected chi connectivity index (χ1v) is 18.4. The van der Waals surface area contributed by atoms with Gasteiger partial charge in [-0.05, 0) is 97.7 Å². The highest BCUT2D eigenvalue weighted by molar-refractivity contribution is 6.10. The summed E-state index contributed by atoms with van der Waals surface area (Å²) in [5.74, 6) is 0. The molecule has 0 saturated heterocycles. The lowest BCUT2D eigenvalue weighted by atomic mass is 9.93. The van der Waals surface area contributed by atoms with Gasteiger partial charge in [-0.15, -0.1) is 0 Å². The fraction of sp³-hybridized carbons (Fsp3) is 0. The Morgan fingerprint density at radius 3 is 1.65 bits per heavy atom. The summed E-state index contributed by atoms with van der Waals surface area (Å²) in [4.78, 5) is 2.34. The van der Waals surface area contributed by atoms with E-state index in [1.165, 1.54) is 49.7 Å². The molecule has 1 heterocycles. The summed E-state index contributed by atoms with van der Waals surface area (Å²) >= 11 is 0. The van der Waals surface area contributed by atoms with Crippen molar-refractivity contribution in [1.82, 2.24) is 0 Å². The molecule has 0 aliphatic carbocycles.